The molecule has 0 spiro atoms. The van der Waals surface area contributed by atoms with Gasteiger partial charge in [-0.05, 0) is 39.9 Å². The second-order valence-electron chi connectivity index (χ2n) is 4.77. The van der Waals surface area contributed by atoms with Crippen LogP contribution in [0.4, 0.5) is 14.5 Å². The van der Waals surface area contributed by atoms with Gasteiger partial charge in [-0.15, -0.1) is 0 Å². The fraction of sp³-hybridized carbons (Fsp3) is 0.250. The number of benzene rings is 2. The Morgan fingerprint density at radius 3 is 2.50 bits per heavy atom. The molecule has 20 heavy (non-hydrogen) atoms. The Hall–Kier alpha value is -1.42. The van der Waals surface area contributed by atoms with E-state index in [1.807, 2.05) is 18.2 Å². The van der Waals surface area contributed by atoms with Crippen molar-refractivity contribution in [3.8, 4) is 0 Å². The number of hydrogen-bond acceptors (Lipinski definition) is 1. The van der Waals surface area contributed by atoms with Gasteiger partial charge in [-0.25, -0.2) is 8.78 Å². The molecule has 4 heteroatoms. The minimum atomic E-state index is -0.592. The first kappa shape index (κ1) is 15.0. The first-order valence-electron chi connectivity index (χ1n) is 6.51. The molecule has 0 aliphatic carbocycles. The Kier molecular flexibility index (Phi) is 5.12. The highest BCUT2D eigenvalue weighted by molar-refractivity contribution is 9.10. The molecule has 0 heterocycles. The molecule has 106 valence electrons. The highest BCUT2D eigenvalue weighted by Crippen LogP contribution is 2.24. The summed E-state index contributed by atoms with van der Waals surface area (Å²) in [6.07, 6.45) is 0.873. The largest absolute Gasteiger partial charge is 0.383 e. The van der Waals surface area contributed by atoms with Crippen LogP contribution in [0.3, 0.4) is 0 Å². The van der Waals surface area contributed by atoms with Crippen LogP contribution in [-0.4, -0.2) is 6.54 Å². The molecule has 1 unspecified atom stereocenters. The molecular formula is C16H16BrF2N. The van der Waals surface area contributed by atoms with Crippen LogP contribution in [0.15, 0.2) is 46.9 Å². The minimum Gasteiger partial charge on any atom is -0.383 e. The predicted octanol–water partition coefficient (Wildman–Crippen LogP) is 5.33. The zero-order valence-electron chi connectivity index (χ0n) is 11.2. The topological polar surface area (TPSA) is 12.0 Å². The SMILES string of the molecule is CC(CCNc1cc(Br)c(F)cc1F)c1ccccc1. The third-order valence-electron chi connectivity index (χ3n) is 3.27. The molecule has 1 nitrogen and oxygen atoms in total. The summed E-state index contributed by atoms with van der Waals surface area (Å²) in [5.74, 6) is -0.778. The lowest BCUT2D eigenvalue weighted by atomic mass is 9.98. The average molecular weight is 340 g/mol. The Morgan fingerprint density at radius 1 is 1.10 bits per heavy atom. The molecule has 2 aromatic carbocycles. The summed E-state index contributed by atoms with van der Waals surface area (Å²) in [6.45, 7) is 2.76. The van der Waals surface area contributed by atoms with E-state index in [4.69, 9.17) is 0 Å². The Balaban J connectivity index is 1.92. The molecule has 2 aromatic rings. The van der Waals surface area contributed by atoms with Crippen molar-refractivity contribution >= 4 is 21.6 Å². The smallest absolute Gasteiger partial charge is 0.149 e. The maximum atomic E-state index is 13.6. The summed E-state index contributed by atoms with van der Waals surface area (Å²) in [5, 5.41) is 3.01. The molecule has 0 aliphatic rings. The van der Waals surface area contributed by atoms with Crippen LogP contribution in [0.1, 0.15) is 24.8 Å². The third kappa shape index (κ3) is 3.79. The van der Waals surface area contributed by atoms with Crippen molar-refractivity contribution in [3.05, 3.63) is 64.1 Å². The first-order chi connectivity index (χ1) is 9.58. The van der Waals surface area contributed by atoms with Crippen molar-refractivity contribution in [1.29, 1.82) is 0 Å². The van der Waals surface area contributed by atoms with Gasteiger partial charge in [0.15, 0.2) is 0 Å². The van der Waals surface area contributed by atoms with Gasteiger partial charge in [-0.3, -0.25) is 0 Å². The average Bonchev–Trinajstić information content (AvgIpc) is 2.45. The van der Waals surface area contributed by atoms with Gasteiger partial charge in [0, 0.05) is 12.6 Å². The van der Waals surface area contributed by atoms with Crippen molar-refractivity contribution < 1.29 is 8.78 Å². The molecule has 0 fully saturated rings. The molecule has 0 amide bonds. The Morgan fingerprint density at radius 2 is 1.80 bits per heavy atom. The van der Waals surface area contributed by atoms with Crippen LogP contribution in [0.25, 0.3) is 0 Å². The van der Waals surface area contributed by atoms with E-state index in [1.54, 1.807) is 0 Å². The molecule has 0 saturated heterocycles. The monoisotopic (exact) mass is 339 g/mol. The van der Waals surface area contributed by atoms with Crippen LogP contribution in [-0.2, 0) is 0 Å². The molecule has 0 radical (unpaired) electrons. The number of anilines is 1. The Bertz CT molecular complexity index is 572. The number of halogens is 3. The third-order valence-corrected chi connectivity index (χ3v) is 3.88. The van der Waals surface area contributed by atoms with Crippen molar-refractivity contribution in [2.45, 2.75) is 19.3 Å². The Labute approximate surface area is 126 Å². The molecule has 0 saturated carbocycles. The standard InChI is InChI=1S/C16H16BrF2N/c1-11(12-5-3-2-4-6-12)7-8-20-16-9-13(17)14(18)10-15(16)19/h2-6,9-11,20H,7-8H2,1H3. The quantitative estimate of drug-likeness (QED) is 0.725. The highest BCUT2D eigenvalue weighted by Gasteiger charge is 2.09. The summed E-state index contributed by atoms with van der Waals surface area (Å²) < 4.78 is 26.9. The molecule has 0 aliphatic heterocycles. The van der Waals surface area contributed by atoms with E-state index >= 15 is 0 Å². The van der Waals surface area contributed by atoms with Gasteiger partial charge in [0.05, 0.1) is 10.2 Å². The second kappa shape index (κ2) is 6.84. The van der Waals surface area contributed by atoms with Crippen molar-refractivity contribution in [2.24, 2.45) is 0 Å². The number of hydrogen-bond donors (Lipinski definition) is 1. The number of nitrogens with one attached hydrogen (secondary N) is 1. The van der Waals surface area contributed by atoms with Gasteiger partial charge >= 0.3 is 0 Å². The van der Waals surface area contributed by atoms with E-state index in [9.17, 15) is 8.78 Å². The van der Waals surface area contributed by atoms with E-state index in [-0.39, 0.29) is 4.47 Å². The summed E-state index contributed by atoms with van der Waals surface area (Å²) in [4.78, 5) is 0. The predicted molar refractivity (Wildman–Crippen MR) is 82.0 cm³/mol. The minimum absolute atomic E-state index is 0.262. The molecular weight excluding hydrogens is 324 g/mol. The zero-order chi connectivity index (χ0) is 14.5. The summed E-state index contributed by atoms with van der Waals surface area (Å²) in [6, 6.07) is 12.5. The van der Waals surface area contributed by atoms with Gasteiger partial charge in [0.25, 0.3) is 0 Å². The number of rotatable bonds is 5. The molecule has 1 atom stereocenters. The van der Waals surface area contributed by atoms with Gasteiger partial charge in [0.2, 0.25) is 0 Å². The van der Waals surface area contributed by atoms with E-state index in [0.717, 1.165) is 12.5 Å². The van der Waals surface area contributed by atoms with Crippen molar-refractivity contribution in [1.82, 2.24) is 0 Å². The van der Waals surface area contributed by atoms with Crippen LogP contribution >= 0.6 is 15.9 Å². The summed E-state index contributed by atoms with van der Waals surface area (Å²) in [5.41, 5.74) is 1.58. The van der Waals surface area contributed by atoms with Gasteiger partial charge in [-0.2, -0.15) is 0 Å². The normalized spacial score (nSPS) is 12.2. The van der Waals surface area contributed by atoms with E-state index in [1.165, 1.54) is 11.6 Å². The molecule has 0 bridgehead atoms. The maximum Gasteiger partial charge on any atom is 0.149 e. The first-order valence-corrected chi connectivity index (χ1v) is 7.30. The van der Waals surface area contributed by atoms with E-state index < -0.39 is 11.6 Å². The molecule has 1 N–H and O–H groups in total. The van der Waals surface area contributed by atoms with Crippen LogP contribution in [0, 0.1) is 11.6 Å². The van der Waals surface area contributed by atoms with E-state index in [2.05, 4.69) is 40.3 Å². The molecule has 0 aromatic heterocycles. The van der Waals surface area contributed by atoms with E-state index in [0.29, 0.717) is 18.2 Å². The van der Waals surface area contributed by atoms with Crippen LogP contribution in [0.5, 0.6) is 0 Å². The second-order valence-corrected chi connectivity index (χ2v) is 5.63. The lowest BCUT2D eigenvalue weighted by Gasteiger charge is -2.13. The fourth-order valence-corrected chi connectivity index (χ4v) is 2.37. The molecule has 2 rings (SSSR count). The lowest BCUT2D eigenvalue weighted by Crippen LogP contribution is -2.07. The van der Waals surface area contributed by atoms with Crippen LogP contribution in [0.2, 0.25) is 0 Å². The zero-order valence-corrected chi connectivity index (χ0v) is 12.8. The van der Waals surface area contributed by atoms with Gasteiger partial charge in [0.1, 0.15) is 11.6 Å². The summed E-state index contributed by atoms with van der Waals surface area (Å²) >= 11 is 3.06. The van der Waals surface area contributed by atoms with Gasteiger partial charge < -0.3 is 5.32 Å². The van der Waals surface area contributed by atoms with Gasteiger partial charge in [-0.1, -0.05) is 37.3 Å². The highest BCUT2D eigenvalue weighted by atomic mass is 79.9. The maximum absolute atomic E-state index is 13.6. The van der Waals surface area contributed by atoms with Crippen LogP contribution < -0.4 is 5.32 Å². The summed E-state index contributed by atoms with van der Waals surface area (Å²) in [7, 11) is 0. The van der Waals surface area contributed by atoms with Crippen molar-refractivity contribution in [2.75, 3.05) is 11.9 Å². The fourth-order valence-electron chi connectivity index (χ4n) is 2.03. The van der Waals surface area contributed by atoms with Crippen molar-refractivity contribution in [3.63, 3.8) is 0 Å². The lowest BCUT2D eigenvalue weighted by molar-refractivity contribution is 0.580.